The minimum Gasteiger partial charge on any atom is -0.487 e. The Hall–Kier alpha value is -3.31. The molecule has 1 aromatic rings. The van der Waals surface area contributed by atoms with E-state index in [1.807, 2.05) is 0 Å². The number of hydrogen-bond acceptors (Lipinski definition) is 8. The zero-order valence-corrected chi connectivity index (χ0v) is 15.2. The number of rotatable bonds is 7. The van der Waals surface area contributed by atoms with E-state index in [0.717, 1.165) is 16.1 Å². The number of ketones is 1. The minimum atomic E-state index is -1.32. The molecule has 12 heteroatoms. The molecule has 0 fully saturated rings. The average Bonchev–Trinajstić information content (AvgIpc) is 2.67. The van der Waals surface area contributed by atoms with E-state index >= 15 is 0 Å². The van der Waals surface area contributed by atoms with Crippen molar-refractivity contribution in [3.63, 3.8) is 0 Å². The van der Waals surface area contributed by atoms with Crippen LogP contribution in [0.5, 0.6) is 5.75 Å². The fourth-order valence-corrected chi connectivity index (χ4v) is 3.37. The normalized spacial score (nSPS) is 20.1. The molecule has 2 atom stereocenters. The fourth-order valence-electron chi connectivity index (χ4n) is 3.37. The van der Waals surface area contributed by atoms with Crippen LogP contribution < -0.4 is 14.6 Å². The Bertz CT molecular complexity index is 849. The number of anilines is 2. The van der Waals surface area contributed by atoms with Gasteiger partial charge in [-0.05, 0) is 13.0 Å². The molecule has 0 saturated heterocycles. The zero-order valence-electron chi connectivity index (χ0n) is 15.2. The number of Topliss-reactive ketones (excluding diaryl/α,β-unsaturated/α-hetero) is 1. The molecule has 150 valence electrons. The van der Waals surface area contributed by atoms with Crippen LogP contribution in [0.2, 0.25) is 0 Å². The van der Waals surface area contributed by atoms with Gasteiger partial charge in [0.15, 0.2) is 17.3 Å². The zero-order chi connectivity index (χ0) is 20.6. The van der Waals surface area contributed by atoms with Gasteiger partial charge in [-0.2, -0.15) is 0 Å². The number of nitrogens with zero attached hydrogens (tertiary/aromatic N) is 5. The molecule has 0 radical (unpaired) electrons. The molecule has 0 aromatic heterocycles. The highest BCUT2D eigenvalue weighted by atomic mass is 19.1. The number of halogens is 1. The van der Waals surface area contributed by atoms with Crippen LogP contribution in [0, 0.1) is 21.5 Å². The first-order valence-electron chi connectivity index (χ1n) is 8.48. The number of ether oxygens (including phenoxy) is 1. The molecule has 2 aliphatic heterocycles. The summed E-state index contributed by atoms with van der Waals surface area (Å²) in [5.74, 6) is -4.34. The largest absolute Gasteiger partial charge is 0.487 e. The number of carboxylic acid groups (broad SMARTS) is 1. The van der Waals surface area contributed by atoms with E-state index in [1.54, 1.807) is 11.8 Å². The SMILES string of the molecule is C[C@H]1COc2c(N(CCN(C)N=O)N=O)c(F)cc3c2N1CC(C(=O)O)C3=O. The molecular weight excluding hydrogens is 377 g/mol. The molecule has 2 aliphatic rings. The van der Waals surface area contributed by atoms with Crippen molar-refractivity contribution in [1.29, 1.82) is 0 Å². The summed E-state index contributed by atoms with van der Waals surface area (Å²) in [5.41, 5.74) is -0.140. The molecule has 1 aromatic carbocycles. The quantitative estimate of drug-likeness (QED) is 0.413. The molecule has 0 saturated carbocycles. The summed E-state index contributed by atoms with van der Waals surface area (Å²) in [6.07, 6.45) is 0. The van der Waals surface area contributed by atoms with Gasteiger partial charge in [-0.1, -0.05) is 0 Å². The summed E-state index contributed by atoms with van der Waals surface area (Å²) in [7, 11) is 1.38. The van der Waals surface area contributed by atoms with Crippen molar-refractivity contribution in [2.45, 2.75) is 13.0 Å². The van der Waals surface area contributed by atoms with Gasteiger partial charge < -0.3 is 14.7 Å². The van der Waals surface area contributed by atoms with E-state index in [4.69, 9.17) is 4.74 Å². The second-order valence-electron chi connectivity index (χ2n) is 6.67. The van der Waals surface area contributed by atoms with Gasteiger partial charge in [0, 0.05) is 19.2 Å². The number of benzene rings is 1. The Kier molecular flexibility index (Phi) is 5.12. The standard InChI is InChI=1S/C16H18FN5O6/c1-8-7-28-15-12-9(14(23)10(16(24)25)6-21(8)12)5-11(17)13(15)22(19-27)4-3-20(2)18-26/h5,8,10H,3-4,6-7H2,1-2H3,(H,24,25)/t8-,10?/m0/s1. The Morgan fingerprint density at radius 2 is 2.11 bits per heavy atom. The lowest BCUT2D eigenvalue weighted by molar-refractivity contribution is -0.139. The number of carbonyl (C=O) groups is 2. The van der Waals surface area contributed by atoms with Crippen LogP contribution >= 0.6 is 0 Å². The van der Waals surface area contributed by atoms with Gasteiger partial charge in [-0.25, -0.2) is 9.40 Å². The van der Waals surface area contributed by atoms with Crippen LogP contribution in [0.4, 0.5) is 15.8 Å². The lowest BCUT2D eigenvalue weighted by atomic mass is 9.88. The molecule has 0 bridgehead atoms. The van der Waals surface area contributed by atoms with Crippen LogP contribution in [0.3, 0.4) is 0 Å². The lowest BCUT2D eigenvalue weighted by Crippen LogP contribution is -2.51. The van der Waals surface area contributed by atoms with Gasteiger partial charge in [-0.15, -0.1) is 9.81 Å². The lowest BCUT2D eigenvalue weighted by Gasteiger charge is -2.43. The van der Waals surface area contributed by atoms with Crippen molar-refractivity contribution in [2.75, 3.05) is 43.2 Å². The summed E-state index contributed by atoms with van der Waals surface area (Å²) in [4.78, 5) is 47.5. The molecule has 2 heterocycles. The van der Waals surface area contributed by atoms with Crippen molar-refractivity contribution >= 4 is 23.1 Å². The highest BCUT2D eigenvalue weighted by Crippen LogP contribution is 2.48. The van der Waals surface area contributed by atoms with Gasteiger partial charge >= 0.3 is 5.97 Å². The second-order valence-corrected chi connectivity index (χ2v) is 6.67. The smallest absolute Gasteiger partial charge is 0.316 e. The summed E-state index contributed by atoms with van der Waals surface area (Å²) >= 11 is 0. The molecule has 11 nitrogen and oxygen atoms in total. The average molecular weight is 395 g/mol. The van der Waals surface area contributed by atoms with Gasteiger partial charge in [0.05, 0.1) is 35.4 Å². The van der Waals surface area contributed by atoms with Crippen LogP contribution in [0.25, 0.3) is 0 Å². The van der Waals surface area contributed by atoms with Crippen LogP contribution in [0.15, 0.2) is 16.6 Å². The van der Waals surface area contributed by atoms with Gasteiger partial charge in [-0.3, -0.25) is 14.6 Å². The van der Waals surface area contributed by atoms with Crippen molar-refractivity contribution < 1.29 is 23.8 Å². The topological polar surface area (TPSA) is 132 Å². The number of likely N-dealkylation sites (N-methyl/N-ethyl adjacent to an activating group) is 1. The predicted molar refractivity (Wildman–Crippen MR) is 95.7 cm³/mol. The second kappa shape index (κ2) is 7.37. The summed E-state index contributed by atoms with van der Waals surface area (Å²) in [6, 6.07) is 0.641. The monoisotopic (exact) mass is 395 g/mol. The summed E-state index contributed by atoms with van der Waals surface area (Å²) < 4.78 is 20.5. The van der Waals surface area contributed by atoms with E-state index in [-0.39, 0.29) is 55.0 Å². The van der Waals surface area contributed by atoms with E-state index in [2.05, 4.69) is 10.6 Å². The maximum atomic E-state index is 14.9. The van der Waals surface area contributed by atoms with Crippen molar-refractivity contribution in [3.8, 4) is 5.75 Å². The van der Waals surface area contributed by atoms with Crippen molar-refractivity contribution in [1.82, 2.24) is 5.01 Å². The summed E-state index contributed by atoms with van der Waals surface area (Å²) in [6.45, 7) is 1.64. The molecule has 1 N–H and O–H groups in total. The van der Waals surface area contributed by atoms with Crippen LogP contribution in [0.1, 0.15) is 17.3 Å². The first-order chi connectivity index (χ1) is 13.3. The predicted octanol–water partition coefficient (Wildman–Crippen LogP) is 1.41. The fraction of sp³-hybridized carbons (Fsp3) is 0.500. The van der Waals surface area contributed by atoms with Gasteiger partial charge in [0.1, 0.15) is 18.2 Å². The van der Waals surface area contributed by atoms with Gasteiger partial charge in [0.2, 0.25) is 0 Å². The molecule has 28 heavy (non-hydrogen) atoms. The van der Waals surface area contributed by atoms with Crippen molar-refractivity contribution in [3.05, 3.63) is 27.3 Å². The highest BCUT2D eigenvalue weighted by molar-refractivity contribution is 6.14. The summed E-state index contributed by atoms with van der Waals surface area (Å²) in [5, 5.41) is 16.6. The Balaban J connectivity index is 2.11. The molecule has 3 rings (SSSR count). The third-order valence-corrected chi connectivity index (χ3v) is 4.86. The first-order valence-corrected chi connectivity index (χ1v) is 8.48. The number of hydrogen-bond donors (Lipinski definition) is 1. The molecule has 1 unspecified atom stereocenters. The number of carbonyl (C=O) groups excluding carboxylic acids is 1. The van der Waals surface area contributed by atoms with Gasteiger partial charge in [0.25, 0.3) is 0 Å². The number of carboxylic acids is 1. The Morgan fingerprint density at radius 1 is 1.39 bits per heavy atom. The maximum absolute atomic E-state index is 14.9. The highest BCUT2D eigenvalue weighted by Gasteiger charge is 2.44. The van der Waals surface area contributed by atoms with Crippen molar-refractivity contribution in [2.24, 2.45) is 16.5 Å². The molecular formula is C16H18FN5O6. The first kappa shape index (κ1) is 19.5. The molecule has 0 spiro atoms. The van der Waals surface area contributed by atoms with Crippen LogP contribution in [-0.4, -0.2) is 61.2 Å². The van der Waals surface area contributed by atoms with E-state index in [1.165, 1.54) is 7.05 Å². The van der Waals surface area contributed by atoms with E-state index in [9.17, 15) is 28.9 Å². The number of aliphatic carboxylic acids is 1. The number of nitroso groups, excluding NO2 is 2. The molecule has 0 amide bonds. The maximum Gasteiger partial charge on any atom is 0.316 e. The third kappa shape index (κ3) is 3.10. The van der Waals surface area contributed by atoms with Crippen LogP contribution in [-0.2, 0) is 4.79 Å². The molecule has 0 aliphatic carbocycles. The Labute approximate surface area is 158 Å². The Morgan fingerprint density at radius 3 is 2.71 bits per heavy atom. The third-order valence-electron chi connectivity index (χ3n) is 4.86. The minimum absolute atomic E-state index is 0.00859. The van der Waals surface area contributed by atoms with E-state index in [0.29, 0.717) is 0 Å². The van der Waals surface area contributed by atoms with E-state index < -0.39 is 23.5 Å².